The van der Waals surface area contributed by atoms with E-state index in [1.165, 1.54) is 19.4 Å². The van der Waals surface area contributed by atoms with Crippen LogP contribution in [0, 0.1) is 5.92 Å². The maximum absolute atomic E-state index is 5.75. The third-order valence-corrected chi connectivity index (χ3v) is 3.14. The number of nitrogens with two attached hydrogens (primary N) is 1. The molecule has 3 nitrogen and oxygen atoms in total. The van der Waals surface area contributed by atoms with Crippen molar-refractivity contribution in [1.82, 2.24) is 9.91 Å². The van der Waals surface area contributed by atoms with E-state index in [1.54, 1.807) is 0 Å². The number of hydrazine groups is 1. The molecule has 0 spiro atoms. The van der Waals surface area contributed by atoms with Gasteiger partial charge in [0.05, 0.1) is 0 Å². The SMILES string of the molecule is CN1CC[C@@H]2CN(N)CC[C@@H]21. The average molecular weight is 155 g/mol. The molecule has 0 unspecified atom stereocenters. The molecule has 0 bridgehead atoms. The van der Waals surface area contributed by atoms with Crippen LogP contribution in [0.2, 0.25) is 0 Å². The van der Waals surface area contributed by atoms with Crippen LogP contribution < -0.4 is 5.84 Å². The van der Waals surface area contributed by atoms with E-state index >= 15 is 0 Å². The van der Waals surface area contributed by atoms with Crippen LogP contribution in [-0.4, -0.2) is 42.6 Å². The Morgan fingerprint density at radius 1 is 1.27 bits per heavy atom. The van der Waals surface area contributed by atoms with Crippen molar-refractivity contribution < 1.29 is 0 Å². The first-order valence-electron chi connectivity index (χ1n) is 4.47. The number of likely N-dealkylation sites (tertiary alicyclic amines) is 1. The molecule has 3 heteroatoms. The number of hydrogen-bond donors (Lipinski definition) is 1. The molecule has 64 valence electrons. The van der Waals surface area contributed by atoms with Gasteiger partial charge in [-0.25, -0.2) is 5.01 Å². The minimum absolute atomic E-state index is 0.829. The van der Waals surface area contributed by atoms with Crippen molar-refractivity contribution in [3.63, 3.8) is 0 Å². The summed E-state index contributed by atoms with van der Waals surface area (Å²) in [4.78, 5) is 2.48. The molecule has 0 radical (unpaired) electrons. The molecule has 2 fully saturated rings. The Hall–Kier alpha value is -0.120. The van der Waals surface area contributed by atoms with Gasteiger partial charge in [-0.05, 0) is 32.4 Å². The van der Waals surface area contributed by atoms with E-state index in [0.29, 0.717) is 0 Å². The Morgan fingerprint density at radius 2 is 2.09 bits per heavy atom. The fourth-order valence-electron chi connectivity index (χ4n) is 2.45. The van der Waals surface area contributed by atoms with Gasteiger partial charge in [0.2, 0.25) is 0 Å². The number of fused-ring (bicyclic) bond motifs is 1. The molecule has 0 aromatic rings. The fourth-order valence-corrected chi connectivity index (χ4v) is 2.45. The van der Waals surface area contributed by atoms with Crippen LogP contribution in [0.1, 0.15) is 12.8 Å². The summed E-state index contributed by atoms with van der Waals surface area (Å²) in [6.45, 7) is 3.45. The quantitative estimate of drug-likeness (QED) is 0.495. The summed E-state index contributed by atoms with van der Waals surface area (Å²) in [7, 11) is 2.23. The van der Waals surface area contributed by atoms with E-state index in [4.69, 9.17) is 5.84 Å². The zero-order valence-corrected chi connectivity index (χ0v) is 7.16. The third kappa shape index (κ3) is 1.28. The van der Waals surface area contributed by atoms with Gasteiger partial charge in [0.25, 0.3) is 0 Å². The van der Waals surface area contributed by atoms with Crippen LogP contribution in [0.5, 0.6) is 0 Å². The lowest BCUT2D eigenvalue weighted by atomic mass is 9.94. The number of nitrogens with zero attached hydrogens (tertiary/aromatic N) is 2. The van der Waals surface area contributed by atoms with E-state index in [9.17, 15) is 0 Å². The summed E-state index contributed by atoms with van der Waals surface area (Å²) in [6.07, 6.45) is 2.60. The molecule has 11 heavy (non-hydrogen) atoms. The van der Waals surface area contributed by atoms with Crippen LogP contribution >= 0.6 is 0 Å². The zero-order valence-electron chi connectivity index (χ0n) is 7.16. The second kappa shape index (κ2) is 2.73. The number of hydrogen-bond acceptors (Lipinski definition) is 3. The summed E-state index contributed by atoms with van der Waals surface area (Å²) in [5, 5.41) is 1.97. The Labute approximate surface area is 68.1 Å². The molecule has 2 N–H and O–H groups in total. The third-order valence-electron chi connectivity index (χ3n) is 3.14. The fraction of sp³-hybridized carbons (Fsp3) is 1.00. The highest BCUT2D eigenvalue weighted by atomic mass is 15.4. The molecule has 2 saturated heterocycles. The van der Waals surface area contributed by atoms with Gasteiger partial charge in [-0.15, -0.1) is 0 Å². The molecular weight excluding hydrogens is 138 g/mol. The van der Waals surface area contributed by atoms with Gasteiger partial charge in [-0.1, -0.05) is 0 Å². The zero-order chi connectivity index (χ0) is 7.84. The highest BCUT2D eigenvalue weighted by Gasteiger charge is 2.35. The van der Waals surface area contributed by atoms with E-state index in [1.807, 2.05) is 5.01 Å². The standard InChI is InChI=1S/C8H17N3/c1-10-4-2-7-6-11(9)5-3-8(7)10/h7-8H,2-6,9H2,1H3/t7-,8+/m1/s1. The Kier molecular flexibility index (Phi) is 1.87. The maximum atomic E-state index is 5.75. The maximum Gasteiger partial charge on any atom is 0.0172 e. The smallest absolute Gasteiger partial charge is 0.0172 e. The topological polar surface area (TPSA) is 32.5 Å². The molecular formula is C8H17N3. The predicted molar refractivity (Wildman–Crippen MR) is 44.9 cm³/mol. The molecule has 0 amide bonds. The first kappa shape index (κ1) is 7.53. The summed E-state index contributed by atoms with van der Waals surface area (Å²) in [6, 6.07) is 0.829. The van der Waals surface area contributed by atoms with Crippen molar-refractivity contribution >= 4 is 0 Å². The second-order valence-corrected chi connectivity index (χ2v) is 3.88. The minimum atomic E-state index is 0.829. The van der Waals surface area contributed by atoms with Gasteiger partial charge in [0.1, 0.15) is 0 Å². The van der Waals surface area contributed by atoms with Gasteiger partial charge < -0.3 is 4.90 Å². The average Bonchev–Trinajstić information content (AvgIpc) is 2.32. The summed E-state index contributed by atoms with van der Waals surface area (Å²) >= 11 is 0. The van der Waals surface area contributed by atoms with Gasteiger partial charge in [-0.3, -0.25) is 5.84 Å². The van der Waals surface area contributed by atoms with Crippen molar-refractivity contribution in [2.24, 2.45) is 11.8 Å². The number of piperidine rings is 1. The molecule has 0 aromatic heterocycles. The lowest BCUT2D eigenvalue weighted by Crippen LogP contribution is -2.47. The summed E-state index contributed by atoms with van der Waals surface area (Å²) in [5.74, 6) is 6.60. The lowest BCUT2D eigenvalue weighted by molar-refractivity contribution is 0.125. The van der Waals surface area contributed by atoms with Crippen molar-refractivity contribution in [1.29, 1.82) is 0 Å². The second-order valence-electron chi connectivity index (χ2n) is 3.88. The van der Waals surface area contributed by atoms with Gasteiger partial charge in [-0.2, -0.15) is 0 Å². The Bertz CT molecular complexity index is 148. The van der Waals surface area contributed by atoms with Crippen molar-refractivity contribution in [3.05, 3.63) is 0 Å². The molecule has 2 rings (SSSR count). The largest absolute Gasteiger partial charge is 0.303 e. The highest BCUT2D eigenvalue weighted by molar-refractivity contribution is 4.89. The monoisotopic (exact) mass is 155 g/mol. The normalized spacial score (nSPS) is 40.9. The van der Waals surface area contributed by atoms with Crippen LogP contribution in [0.4, 0.5) is 0 Å². The van der Waals surface area contributed by atoms with E-state index in [-0.39, 0.29) is 0 Å². The molecule has 2 heterocycles. The molecule has 2 aliphatic heterocycles. The molecule has 2 atom stereocenters. The van der Waals surface area contributed by atoms with Gasteiger partial charge >= 0.3 is 0 Å². The van der Waals surface area contributed by atoms with Crippen molar-refractivity contribution in [2.45, 2.75) is 18.9 Å². The van der Waals surface area contributed by atoms with E-state index in [2.05, 4.69) is 11.9 Å². The molecule has 0 aliphatic carbocycles. The number of rotatable bonds is 0. The first-order chi connectivity index (χ1) is 5.27. The van der Waals surface area contributed by atoms with Gasteiger partial charge in [0.15, 0.2) is 0 Å². The van der Waals surface area contributed by atoms with Crippen LogP contribution in [0.3, 0.4) is 0 Å². The lowest BCUT2D eigenvalue weighted by Gasteiger charge is -2.34. The van der Waals surface area contributed by atoms with Crippen molar-refractivity contribution in [3.8, 4) is 0 Å². The molecule has 0 aromatic carbocycles. The highest BCUT2D eigenvalue weighted by Crippen LogP contribution is 2.28. The summed E-state index contributed by atoms with van der Waals surface area (Å²) < 4.78 is 0. The van der Waals surface area contributed by atoms with Gasteiger partial charge in [0, 0.05) is 19.1 Å². The molecule has 0 saturated carbocycles. The predicted octanol–water partition coefficient (Wildman–Crippen LogP) is -0.114. The van der Waals surface area contributed by atoms with E-state index in [0.717, 1.165) is 25.0 Å². The van der Waals surface area contributed by atoms with Crippen LogP contribution in [0.25, 0.3) is 0 Å². The van der Waals surface area contributed by atoms with E-state index < -0.39 is 0 Å². The van der Waals surface area contributed by atoms with Crippen LogP contribution in [-0.2, 0) is 0 Å². The van der Waals surface area contributed by atoms with Crippen molar-refractivity contribution in [2.75, 3.05) is 26.7 Å². The Balaban J connectivity index is 2.00. The molecule has 2 aliphatic rings. The first-order valence-corrected chi connectivity index (χ1v) is 4.47. The summed E-state index contributed by atoms with van der Waals surface area (Å²) in [5.41, 5.74) is 0. The minimum Gasteiger partial charge on any atom is -0.303 e. The van der Waals surface area contributed by atoms with Crippen LogP contribution in [0.15, 0.2) is 0 Å². The Morgan fingerprint density at radius 3 is 2.91 bits per heavy atom.